The minimum absolute atomic E-state index is 0. The van der Waals surface area contributed by atoms with E-state index >= 15 is 0 Å². The van der Waals surface area contributed by atoms with E-state index in [0.29, 0.717) is 23.9 Å². The lowest BCUT2D eigenvalue weighted by Gasteiger charge is -2.36. The van der Waals surface area contributed by atoms with E-state index in [2.05, 4.69) is 9.80 Å². The van der Waals surface area contributed by atoms with Crippen LogP contribution < -0.4 is 25.6 Å². The molecule has 0 amide bonds. The third-order valence-corrected chi connectivity index (χ3v) is 5.43. The van der Waals surface area contributed by atoms with Crippen LogP contribution in [0.1, 0.15) is 6.42 Å². The molecular formula is C20H28ClN5O6. The second-order valence-electron chi connectivity index (χ2n) is 7.36. The molecule has 0 spiro atoms. The molecule has 2 heterocycles. The molecule has 176 valence electrons. The van der Waals surface area contributed by atoms with Crippen LogP contribution in [0, 0.1) is 10.1 Å². The summed E-state index contributed by atoms with van der Waals surface area (Å²) in [5.41, 5.74) is -0.682. The lowest BCUT2D eigenvalue weighted by molar-refractivity contribution is -0.385. The smallest absolute Gasteiger partial charge is 0.332 e. The van der Waals surface area contributed by atoms with Crippen molar-refractivity contribution in [3.8, 4) is 11.5 Å². The zero-order valence-corrected chi connectivity index (χ0v) is 19.2. The topological polar surface area (TPSA) is 112 Å². The van der Waals surface area contributed by atoms with Crippen molar-refractivity contribution in [2.45, 2.75) is 6.42 Å². The molecule has 11 nitrogen and oxygen atoms in total. The molecule has 0 atom stereocenters. The molecule has 2 aromatic rings. The summed E-state index contributed by atoms with van der Waals surface area (Å²) in [5.74, 6) is 1.45. The van der Waals surface area contributed by atoms with E-state index in [1.165, 1.54) is 36.9 Å². The highest BCUT2D eigenvalue weighted by Gasteiger charge is 2.20. The van der Waals surface area contributed by atoms with Crippen LogP contribution in [0.3, 0.4) is 0 Å². The van der Waals surface area contributed by atoms with Crippen LogP contribution in [0.4, 0.5) is 11.5 Å². The third-order valence-electron chi connectivity index (χ3n) is 5.43. The average Bonchev–Trinajstić information content (AvgIpc) is 2.78. The first-order valence-corrected chi connectivity index (χ1v) is 10.0. The molecule has 0 unspecified atom stereocenters. The molecule has 3 rings (SSSR count). The second-order valence-corrected chi connectivity index (χ2v) is 7.36. The van der Waals surface area contributed by atoms with Crippen molar-refractivity contribution in [3.05, 3.63) is 55.2 Å². The van der Waals surface area contributed by atoms with Gasteiger partial charge in [0.15, 0.2) is 11.5 Å². The van der Waals surface area contributed by atoms with Crippen molar-refractivity contribution in [2.75, 3.05) is 51.3 Å². The Labute approximate surface area is 191 Å². The average molecular weight is 470 g/mol. The number of benzene rings is 1. The van der Waals surface area contributed by atoms with Gasteiger partial charge in [0.05, 0.1) is 24.7 Å². The summed E-state index contributed by atoms with van der Waals surface area (Å²) in [4.78, 5) is 38.8. The predicted molar refractivity (Wildman–Crippen MR) is 123 cm³/mol. The highest BCUT2D eigenvalue weighted by atomic mass is 35.5. The molecule has 1 aromatic carbocycles. The summed E-state index contributed by atoms with van der Waals surface area (Å²) in [6, 6.07) is 5.78. The van der Waals surface area contributed by atoms with Gasteiger partial charge in [-0.05, 0) is 12.5 Å². The molecule has 32 heavy (non-hydrogen) atoms. The fourth-order valence-electron chi connectivity index (χ4n) is 3.58. The Morgan fingerprint density at radius 3 is 2.34 bits per heavy atom. The summed E-state index contributed by atoms with van der Waals surface area (Å²) in [6.45, 7) is 4.35. The zero-order chi connectivity index (χ0) is 22.5. The maximum atomic E-state index is 12.1. The standard InChI is InChI=1S/C20H27N5O6.ClH/c1-21-18(14-19(26)22(2)20(21)27)24-10-8-23(9-11-24)7-4-12-31-16-6-5-15(25(28)29)13-17(16)30-3;/h5-6,13-14H,4,7-12H2,1-3H3;1H. The molecule has 0 saturated carbocycles. The van der Waals surface area contributed by atoms with Gasteiger partial charge in [-0.2, -0.15) is 0 Å². The lowest BCUT2D eigenvalue weighted by atomic mass is 10.2. The Bertz CT molecular complexity index is 1060. The number of rotatable bonds is 8. The number of nitro benzene ring substituents is 1. The number of nitrogens with zero attached hydrogens (tertiary/aromatic N) is 5. The number of hydrogen-bond donors (Lipinski definition) is 0. The Morgan fingerprint density at radius 1 is 1.03 bits per heavy atom. The first-order chi connectivity index (χ1) is 14.8. The van der Waals surface area contributed by atoms with Crippen LogP contribution in [0.25, 0.3) is 0 Å². The van der Waals surface area contributed by atoms with Crippen LogP contribution >= 0.6 is 12.4 Å². The van der Waals surface area contributed by atoms with Crippen molar-refractivity contribution in [2.24, 2.45) is 14.1 Å². The fourth-order valence-corrected chi connectivity index (χ4v) is 3.58. The van der Waals surface area contributed by atoms with Crippen molar-refractivity contribution in [1.82, 2.24) is 14.0 Å². The number of aromatic nitrogens is 2. The summed E-state index contributed by atoms with van der Waals surface area (Å²) in [5, 5.41) is 10.9. The second kappa shape index (κ2) is 11.0. The lowest BCUT2D eigenvalue weighted by Crippen LogP contribution is -2.49. The van der Waals surface area contributed by atoms with Gasteiger partial charge in [-0.15, -0.1) is 12.4 Å². The summed E-state index contributed by atoms with van der Waals surface area (Å²) >= 11 is 0. The molecule has 1 fully saturated rings. The normalized spacial score (nSPS) is 14.0. The number of hydrogen-bond acceptors (Lipinski definition) is 8. The molecule has 1 aliphatic rings. The maximum Gasteiger partial charge on any atom is 0.332 e. The predicted octanol–water partition coefficient (Wildman–Crippen LogP) is 1.01. The molecule has 0 aliphatic carbocycles. The molecule has 1 aliphatic heterocycles. The van der Waals surface area contributed by atoms with Gasteiger partial charge >= 0.3 is 5.69 Å². The molecule has 0 bridgehead atoms. The summed E-state index contributed by atoms with van der Waals surface area (Å²) in [7, 11) is 4.60. The van der Waals surface area contributed by atoms with E-state index in [-0.39, 0.29) is 29.3 Å². The fraction of sp³-hybridized carbons (Fsp3) is 0.500. The van der Waals surface area contributed by atoms with Gasteiger partial charge in [0.25, 0.3) is 11.2 Å². The monoisotopic (exact) mass is 469 g/mol. The van der Waals surface area contributed by atoms with E-state index in [1.807, 2.05) is 0 Å². The Hall–Kier alpha value is -3.05. The van der Waals surface area contributed by atoms with Crippen LogP contribution in [0.2, 0.25) is 0 Å². The summed E-state index contributed by atoms with van der Waals surface area (Å²) < 4.78 is 13.5. The van der Waals surface area contributed by atoms with Gasteiger partial charge in [-0.3, -0.25) is 28.9 Å². The highest BCUT2D eigenvalue weighted by molar-refractivity contribution is 5.85. The van der Waals surface area contributed by atoms with Crippen molar-refractivity contribution >= 4 is 23.9 Å². The first kappa shape index (κ1) is 25.2. The summed E-state index contributed by atoms with van der Waals surface area (Å²) in [6.07, 6.45) is 0.782. The Balaban J connectivity index is 0.00000363. The van der Waals surface area contributed by atoms with Crippen molar-refractivity contribution < 1.29 is 14.4 Å². The number of ether oxygens (including phenoxy) is 2. The number of methoxy groups -OCH3 is 1. The van der Waals surface area contributed by atoms with E-state index in [4.69, 9.17) is 9.47 Å². The maximum absolute atomic E-state index is 12.1. The number of nitro groups is 1. The van der Waals surface area contributed by atoms with Gasteiger partial charge in [0.1, 0.15) is 5.82 Å². The van der Waals surface area contributed by atoms with Crippen LogP contribution in [-0.2, 0) is 14.1 Å². The van der Waals surface area contributed by atoms with E-state index in [1.54, 1.807) is 13.1 Å². The number of anilines is 1. The molecule has 1 aromatic heterocycles. The number of non-ortho nitro benzene ring substituents is 1. The van der Waals surface area contributed by atoms with E-state index < -0.39 is 4.92 Å². The van der Waals surface area contributed by atoms with Crippen LogP contribution in [0.15, 0.2) is 33.9 Å². The molecule has 0 N–H and O–H groups in total. The third kappa shape index (κ3) is 5.60. The van der Waals surface area contributed by atoms with Gasteiger partial charge < -0.3 is 14.4 Å². The van der Waals surface area contributed by atoms with Crippen LogP contribution in [0.5, 0.6) is 11.5 Å². The molecule has 0 radical (unpaired) electrons. The van der Waals surface area contributed by atoms with Crippen LogP contribution in [-0.4, -0.2) is 65.4 Å². The van der Waals surface area contributed by atoms with Gasteiger partial charge in [-0.25, -0.2) is 4.79 Å². The quantitative estimate of drug-likeness (QED) is 0.320. The number of piperazine rings is 1. The Morgan fingerprint density at radius 2 is 1.72 bits per heavy atom. The highest BCUT2D eigenvalue weighted by Crippen LogP contribution is 2.31. The first-order valence-electron chi connectivity index (χ1n) is 10.0. The largest absolute Gasteiger partial charge is 0.493 e. The SMILES string of the molecule is COc1cc([N+](=O)[O-])ccc1OCCCN1CCN(c2cc(=O)n(C)c(=O)n2C)CC1.Cl. The minimum atomic E-state index is -0.475. The molecule has 1 saturated heterocycles. The van der Waals surface area contributed by atoms with Crippen molar-refractivity contribution in [1.29, 1.82) is 0 Å². The number of halogens is 1. The molecular weight excluding hydrogens is 442 g/mol. The van der Waals surface area contributed by atoms with Crippen molar-refractivity contribution in [3.63, 3.8) is 0 Å². The van der Waals surface area contributed by atoms with Gasteiger partial charge in [-0.1, -0.05) is 0 Å². The van der Waals surface area contributed by atoms with Gasteiger partial charge in [0, 0.05) is 59.0 Å². The van der Waals surface area contributed by atoms with E-state index in [0.717, 1.165) is 43.7 Å². The molecule has 12 heteroatoms. The zero-order valence-electron chi connectivity index (χ0n) is 18.4. The Kier molecular flexibility index (Phi) is 8.67. The minimum Gasteiger partial charge on any atom is -0.493 e. The van der Waals surface area contributed by atoms with E-state index in [9.17, 15) is 19.7 Å². The van der Waals surface area contributed by atoms with Gasteiger partial charge in [0.2, 0.25) is 0 Å².